The zero-order chi connectivity index (χ0) is 8.91. The second-order valence-corrected chi connectivity index (χ2v) is 3.20. The van der Waals surface area contributed by atoms with Crippen molar-refractivity contribution in [1.82, 2.24) is 0 Å². The predicted octanol–water partition coefficient (Wildman–Crippen LogP) is 2.82. The van der Waals surface area contributed by atoms with Crippen molar-refractivity contribution >= 4 is 11.6 Å². The zero-order valence-corrected chi connectivity index (χ0v) is 6.14. The fourth-order valence-corrected chi connectivity index (χ4v) is 1.25. The Kier molecular flexibility index (Phi) is 1.54. The third kappa shape index (κ3) is 0.818. The molecule has 1 rings (SSSR count). The molecule has 64 valence electrons. The minimum absolute atomic E-state index is 0.659. The molecule has 1 aliphatic carbocycles. The number of alkyl halides is 5. The molecule has 0 aromatic heterocycles. The van der Waals surface area contributed by atoms with E-state index in [1.54, 1.807) is 0 Å². The van der Waals surface area contributed by atoms with Crippen LogP contribution < -0.4 is 0 Å². The lowest BCUT2D eigenvalue weighted by Crippen LogP contribution is -2.67. The van der Waals surface area contributed by atoms with Crippen LogP contribution in [0.4, 0.5) is 17.6 Å². The summed E-state index contributed by atoms with van der Waals surface area (Å²) in [5.74, 6) is -8.15. The molecule has 5 heteroatoms. The molecule has 1 aliphatic rings. The number of rotatable bonds is 1. The van der Waals surface area contributed by atoms with Gasteiger partial charge >= 0.3 is 11.8 Å². The van der Waals surface area contributed by atoms with Crippen molar-refractivity contribution in [3.05, 3.63) is 12.7 Å². The van der Waals surface area contributed by atoms with Crippen molar-refractivity contribution in [2.45, 2.75) is 23.1 Å². The third-order valence-corrected chi connectivity index (χ3v) is 2.31. The van der Waals surface area contributed by atoms with E-state index in [1.165, 1.54) is 0 Å². The van der Waals surface area contributed by atoms with Crippen LogP contribution in [0, 0.1) is 0 Å². The van der Waals surface area contributed by atoms with E-state index in [4.69, 9.17) is 11.6 Å². The largest absolute Gasteiger partial charge is 0.332 e. The molecular weight excluding hydrogens is 184 g/mol. The summed E-state index contributed by atoms with van der Waals surface area (Å²) < 4.78 is 49.1. The monoisotopic (exact) mass is 188 g/mol. The molecule has 0 bridgehead atoms. The van der Waals surface area contributed by atoms with Crippen molar-refractivity contribution < 1.29 is 17.6 Å². The molecule has 1 fully saturated rings. The van der Waals surface area contributed by atoms with Crippen LogP contribution >= 0.6 is 11.6 Å². The molecule has 0 spiro atoms. The van der Waals surface area contributed by atoms with Gasteiger partial charge in [-0.15, -0.1) is 18.2 Å². The van der Waals surface area contributed by atoms with E-state index in [1.807, 2.05) is 0 Å². The molecule has 0 radical (unpaired) electrons. The number of halogens is 5. The van der Waals surface area contributed by atoms with Crippen molar-refractivity contribution in [3.63, 3.8) is 0 Å². The Hall–Kier alpha value is -0.250. The molecule has 0 nitrogen and oxygen atoms in total. The molecule has 0 aromatic carbocycles. The van der Waals surface area contributed by atoms with Crippen LogP contribution in [-0.4, -0.2) is 16.7 Å². The molecule has 0 N–H and O–H groups in total. The molecule has 0 heterocycles. The average Bonchev–Trinajstić information content (AvgIpc) is 1.86. The van der Waals surface area contributed by atoms with Gasteiger partial charge in [0.25, 0.3) is 0 Å². The SMILES string of the molecule is C=CC1(Cl)CC(F)(F)C1(F)F. The Labute approximate surface area is 65.8 Å². The Balaban J connectivity index is 2.93. The van der Waals surface area contributed by atoms with Gasteiger partial charge in [-0.1, -0.05) is 6.08 Å². The first kappa shape index (κ1) is 8.84. The van der Waals surface area contributed by atoms with Crippen LogP contribution in [0.5, 0.6) is 0 Å². The molecule has 0 amide bonds. The molecule has 1 saturated carbocycles. The molecule has 1 unspecified atom stereocenters. The zero-order valence-electron chi connectivity index (χ0n) is 5.38. The van der Waals surface area contributed by atoms with Gasteiger partial charge in [-0.05, 0) is 0 Å². The van der Waals surface area contributed by atoms with Crippen molar-refractivity contribution in [3.8, 4) is 0 Å². The van der Waals surface area contributed by atoms with E-state index >= 15 is 0 Å². The summed E-state index contributed by atoms with van der Waals surface area (Å²) in [5.41, 5.74) is 0. The van der Waals surface area contributed by atoms with E-state index in [9.17, 15) is 17.6 Å². The normalized spacial score (nSPS) is 39.4. The maximum Gasteiger partial charge on any atom is 0.332 e. The minimum Gasteiger partial charge on any atom is -0.200 e. The van der Waals surface area contributed by atoms with Crippen LogP contribution in [0.15, 0.2) is 12.7 Å². The topological polar surface area (TPSA) is 0 Å². The Bertz CT molecular complexity index is 201. The number of allylic oxidation sites excluding steroid dienone is 1. The lowest BCUT2D eigenvalue weighted by molar-refractivity contribution is -0.290. The summed E-state index contributed by atoms with van der Waals surface area (Å²) in [5, 5.41) is 0. The lowest BCUT2D eigenvalue weighted by atomic mass is 9.76. The van der Waals surface area contributed by atoms with Gasteiger partial charge in [0.15, 0.2) is 0 Å². The van der Waals surface area contributed by atoms with Crippen LogP contribution in [0.1, 0.15) is 6.42 Å². The van der Waals surface area contributed by atoms with E-state index in [2.05, 4.69) is 6.58 Å². The molecule has 1 atom stereocenters. The minimum atomic E-state index is -4.16. The first-order valence-corrected chi connectivity index (χ1v) is 3.23. The highest BCUT2D eigenvalue weighted by Crippen LogP contribution is 2.61. The number of hydrogen-bond donors (Lipinski definition) is 0. The van der Waals surface area contributed by atoms with Gasteiger partial charge in [-0.25, -0.2) is 0 Å². The molecular formula is C6H5ClF4. The third-order valence-electron chi connectivity index (χ3n) is 1.78. The van der Waals surface area contributed by atoms with Crippen LogP contribution in [0.25, 0.3) is 0 Å². The fraction of sp³-hybridized carbons (Fsp3) is 0.667. The number of hydrogen-bond acceptors (Lipinski definition) is 0. The summed E-state index contributed by atoms with van der Waals surface area (Å²) in [6, 6.07) is 0. The second-order valence-electron chi connectivity index (χ2n) is 2.52. The fourth-order valence-electron chi connectivity index (χ4n) is 0.943. The Morgan fingerprint density at radius 3 is 1.82 bits per heavy atom. The second kappa shape index (κ2) is 1.91. The predicted molar refractivity (Wildman–Crippen MR) is 33.3 cm³/mol. The van der Waals surface area contributed by atoms with Crippen LogP contribution in [-0.2, 0) is 0 Å². The van der Waals surface area contributed by atoms with Gasteiger partial charge in [0.2, 0.25) is 0 Å². The van der Waals surface area contributed by atoms with Crippen molar-refractivity contribution in [2.24, 2.45) is 0 Å². The van der Waals surface area contributed by atoms with Crippen molar-refractivity contribution in [1.29, 1.82) is 0 Å². The molecule has 0 saturated heterocycles. The summed E-state index contributed by atoms with van der Waals surface area (Å²) in [6.07, 6.45) is -0.385. The smallest absolute Gasteiger partial charge is 0.200 e. The van der Waals surface area contributed by atoms with Gasteiger partial charge in [-0.3, -0.25) is 0 Å². The van der Waals surface area contributed by atoms with Gasteiger partial charge in [0.05, 0.1) is 0 Å². The molecule has 0 aromatic rings. The first-order valence-electron chi connectivity index (χ1n) is 2.85. The Morgan fingerprint density at radius 2 is 1.73 bits per heavy atom. The molecule has 11 heavy (non-hydrogen) atoms. The molecule has 0 aliphatic heterocycles. The van der Waals surface area contributed by atoms with E-state index in [0.717, 1.165) is 0 Å². The van der Waals surface area contributed by atoms with Crippen LogP contribution in [0.2, 0.25) is 0 Å². The standard InChI is InChI=1S/C6H5ClF4/c1-2-4(7)3-5(8,9)6(4,10)11/h2H,1,3H2. The first-order chi connectivity index (χ1) is 4.77. The summed E-state index contributed by atoms with van der Waals surface area (Å²) in [6.45, 7) is 2.97. The van der Waals surface area contributed by atoms with Gasteiger partial charge in [0, 0.05) is 6.42 Å². The van der Waals surface area contributed by atoms with Crippen LogP contribution in [0.3, 0.4) is 0 Å². The maximum absolute atomic E-state index is 12.4. The van der Waals surface area contributed by atoms with Crippen molar-refractivity contribution in [2.75, 3.05) is 0 Å². The quantitative estimate of drug-likeness (QED) is 0.337. The van der Waals surface area contributed by atoms with E-state index < -0.39 is 23.1 Å². The van der Waals surface area contributed by atoms with E-state index in [-0.39, 0.29) is 0 Å². The maximum atomic E-state index is 12.4. The Morgan fingerprint density at radius 1 is 1.27 bits per heavy atom. The highest BCUT2D eigenvalue weighted by atomic mass is 35.5. The van der Waals surface area contributed by atoms with E-state index in [0.29, 0.717) is 6.08 Å². The summed E-state index contributed by atoms with van der Waals surface area (Å²) in [7, 11) is 0. The van der Waals surface area contributed by atoms with Gasteiger partial charge < -0.3 is 0 Å². The lowest BCUT2D eigenvalue weighted by Gasteiger charge is -2.48. The summed E-state index contributed by atoms with van der Waals surface area (Å²) in [4.78, 5) is -2.25. The highest BCUT2D eigenvalue weighted by molar-refractivity contribution is 6.27. The highest BCUT2D eigenvalue weighted by Gasteiger charge is 2.79. The average molecular weight is 189 g/mol. The van der Waals surface area contributed by atoms with Gasteiger partial charge in [0.1, 0.15) is 4.87 Å². The summed E-state index contributed by atoms with van der Waals surface area (Å²) >= 11 is 5.12. The van der Waals surface area contributed by atoms with Gasteiger partial charge in [-0.2, -0.15) is 17.6 Å².